The van der Waals surface area contributed by atoms with Crippen LogP contribution in [0.25, 0.3) is 21.8 Å². The highest BCUT2D eigenvalue weighted by atomic mass is 32.1. The van der Waals surface area contributed by atoms with Gasteiger partial charge in [0.15, 0.2) is 0 Å². The highest BCUT2D eigenvalue weighted by Crippen LogP contribution is 2.34. The van der Waals surface area contributed by atoms with Gasteiger partial charge in [0, 0.05) is 16.5 Å². The molecule has 0 atom stereocenters. The number of hydrogen-bond donors (Lipinski definition) is 1. The van der Waals surface area contributed by atoms with E-state index in [1.54, 1.807) is 37.4 Å². The van der Waals surface area contributed by atoms with Crippen molar-refractivity contribution >= 4 is 11.3 Å². The molecule has 0 aliphatic rings. The Labute approximate surface area is 125 Å². The molecule has 1 N–H and O–H groups in total. The number of benzene rings is 2. The van der Waals surface area contributed by atoms with Gasteiger partial charge < -0.3 is 9.84 Å². The van der Waals surface area contributed by atoms with Gasteiger partial charge in [-0.25, -0.2) is 9.37 Å². The van der Waals surface area contributed by atoms with Gasteiger partial charge in [0.25, 0.3) is 0 Å². The lowest BCUT2D eigenvalue weighted by Gasteiger charge is -2.05. The molecule has 0 saturated carbocycles. The van der Waals surface area contributed by atoms with Crippen LogP contribution >= 0.6 is 11.3 Å². The van der Waals surface area contributed by atoms with Crippen molar-refractivity contribution in [3.05, 3.63) is 53.7 Å². The van der Waals surface area contributed by atoms with Crippen LogP contribution in [0.3, 0.4) is 0 Å². The largest absolute Gasteiger partial charge is 0.508 e. The summed E-state index contributed by atoms with van der Waals surface area (Å²) in [6.07, 6.45) is 0. The number of aromatic nitrogens is 1. The van der Waals surface area contributed by atoms with Gasteiger partial charge in [-0.05, 0) is 42.5 Å². The molecule has 0 bridgehead atoms. The van der Waals surface area contributed by atoms with Crippen LogP contribution in [-0.2, 0) is 0 Å². The third kappa shape index (κ3) is 2.73. The molecule has 106 valence electrons. The second kappa shape index (κ2) is 5.54. The van der Waals surface area contributed by atoms with E-state index in [2.05, 4.69) is 4.98 Å². The number of phenolic OH excluding ortho intramolecular Hbond substituents is 1. The second-order valence-corrected chi connectivity index (χ2v) is 5.29. The lowest BCUT2D eigenvalue weighted by Crippen LogP contribution is -1.89. The third-order valence-corrected chi connectivity index (χ3v) is 3.95. The summed E-state index contributed by atoms with van der Waals surface area (Å²) in [5.41, 5.74) is 2.19. The molecule has 0 radical (unpaired) electrons. The highest BCUT2D eigenvalue weighted by molar-refractivity contribution is 7.13. The molecular weight excluding hydrogens is 289 g/mol. The Morgan fingerprint density at radius 3 is 2.62 bits per heavy atom. The van der Waals surface area contributed by atoms with Gasteiger partial charge in [-0.3, -0.25) is 0 Å². The summed E-state index contributed by atoms with van der Waals surface area (Å²) in [4.78, 5) is 4.52. The fraction of sp³-hybridized carbons (Fsp3) is 0.0625. The minimum Gasteiger partial charge on any atom is -0.508 e. The van der Waals surface area contributed by atoms with Crippen LogP contribution in [0.1, 0.15) is 0 Å². The number of ether oxygens (including phenoxy) is 1. The van der Waals surface area contributed by atoms with Gasteiger partial charge in [-0.15, -0.1) is 11.3 Å². The summed E-state index contributed by atoms with van der Waals surface area (Å²) in [5, 5.41) is 12.0. The lowest BCUT2D eigenvalue weighted by molar-refractivity contribution is 0.415. The summed E-state index contributed by atoms with van der Waals surface area (Å²) in [5.74, 6) is 0.464. The quantitative estimate of drug-likeness (QED) is 0.783. The van der Waals surface area contributed by atoms with E-state index in [-0.39, 0.29) is 11.6 Å². The van der Waals surface area contributed by atoms with Crippen molar-refractivity contribution in [1.29, 1.82) is 0 Å². The van der Waals surface area contributed by atoms with Crippen molar-refractivity contribution in [2.45, 2.75) is 0 Å². The Morgan fingerprint density at radius 2 is 1.90 bits per heavy atom. The zero-order valence-corrected chi connectivity index (χ0v) is 12.0. The molecule has 2 aromatic carbocycles. The van der Waals surface area contributed by atoms with E-state index in [0.717, 1.165) is 10.6 Å². The Balaban J connectivity index is 2.02. The second-order valence-electron chi connectivity index (χ2n) is 4.43. The van der Waals surface area contributed by atoms with E-state index < -0.39 is 0 Å². The molecule has 21 heavy (non-hydrogen) atoms. The molecule has 3 aromatic rings. The van der Waals surface area contributed by atoms with E-state index in [4.69, 9.17) is 4.74 Å². The molecule has 0 aliphatic carbocycles. The smallest absolute Gasteiger partial charge is 0.128 e. The van der Waals surface area contributed by atoms with Gasteiger partial charge in [0.1, 0.15) is 22.3 Å². The first-order valence-electron chi connectivity index (χ1n) is 6.26. The van der Waals surface area contributed by atoms with Crippen LogP contribution in [0.5, 0.6) is 11.5 Å². The first-order valence-corrected chi connectivity index (χ1v) is 7.14. The number of methoxy groups -OCH3 is 1. The molecule has 1 aromatic heterocycles. The monoisotopic (exact) mass is 301 g/mol. The molecule has 0 saturated heterocycles. The maximum atomic E-state index is 13.4. The summed E-state index contributed by atoms with van der Waals surface area (Å²) in [6, 6.07) is 11.2. The van der Waals surface area contributed by atoms with E-state index in [1.165, 1.54) is 23.5 Å². The van der Waals surface area contributed by atoms with Crippen molar-refractivity contribution in [2.75, 3.05) is 7.11 Å². The van der Waals surface area contributed by atoms with E-state index in [9.17, 15) is 9.50 Å². The number of hydrogen-bond acceptors (Lipinski definition) is 4. The first-order chi connectivity index (χ1) is 10.2. The maximum Gasteiger partial charge on any atom is 0.128 e. The van der Waals surface area contributed by atoms with Crippen molar-refractivity contribution < 1.29 is 14.2 Å². The fourth-order valence-electron chi connectivity index (χ4n) is 2.01. The topological polar surface area (TPSA) is 42.4 Å². The van der Waals surface area contributed by atoms with Gasteiger partial charge in [0.2, 0.25) is 0 Å². The fourth-order valence-corrected chi connectivity index (χ4v) is 2.84. The van der Waals surface area contributed by atoms with Crippen LogP contribution in [0, 0.1) is 5.82 Å². The minimum absolute atomic E-state index is 0.210. The van der Waals surface area contributed by atoms with Crippen molar-refractivity contribution in [3.63, 3.8) is 0 Å². The summed E-state index contributed by atoms with van der Waals surface area (Å²) in [6.45, 7) is 0. The van der Waals surface area contributed by atoms with Gasteiger partial charge in [0.05, 0.1) is 12.8 Å². The van der Waals surface area contributed by atoms with Crippen LogP contribution in [0.4, 0.5) is 4.39 Å². The van der Waals surface area contributed by atoms with Crippen molar-refractivity contribution in [2.24, 2.45) is 0 Å². The first kappa shape index (κ1) is 13.6. The predicted molar refractivity (Wildman–Crippen MR) is 81.2 cm³/mol. The van der Waals surface area contributed by atoms with Gasteiger partial charge >= 0.3 is 0 Å². The van der Waals surface area contributed by atoms with E-state index >= 15 is 0 Å². The lowest BCUT2D eigenvalue weighted by atomic mass is 10.1. The van der Waals surface area contributed by atoms with Gasteiger partial charge in [-0.1, -0.05) is 0 Å². The third-order valence-electron chi connectivity index (χ3n) is 3.06. The number of halogens is 1. The number of aromatic hydroxyl groups is 1. The maximum absolute atomic E-state index is 13.4. The zero-order chi connectivity index (χ0) is 14.8. The Bertz CT molecular complexity index is 768. The molecule has 3 rings (SSSR count). The zero-order valence-electron chi connectivity index (χ0n) is 11.2. The van der Waals surface area contributed by atoms with Gasteiger partial charge in [-0.2, -0.15) is 0 Å². The number of nitrogens with zero attached hydrogens (tertiary/aromatic N) is 1. The Kier molecular flexibility index (Phi) is 3.58. The molecule has 1 heterocycles. The molecular formula is C16H12FNO2S. The molecule has 0 fully saturated rings. The molecule has 0 spiro atoms. The Morgan fingerprint density at radius 1 is 1.14 bits per heavy atom. The highest BCUT2D eigenvalue weighted by Gasteiger charge is 2.12. The molecule has 0 amide bonds. The van der Waals surface area contributed by atoms with Crippen LogP contribution in [-0.4, -0.2) is 17.2 Å². The molecule has 3 nitrogen and oxygen atoms in total. The number of phenols is 1. The normalized spacial score (nSPS) is 10.6. The van der Waals surface area contributed by atoms with Crippen molar-refractivity contribution in [3.8, 4) is 33.3 Å². The average Bonchev–Trinajstić information content (AvgIpc) is 2.97. The van der Waals surface area contributed by atoms with E-state index in [1.807, 2.05) is 5.38 Å². The standard InChI is InChI=1S/C16H12FNO2S/c1-20-15-7-4-11(17)8-13(15)14-9-21-16(18-14)10-2-5-12(19)6-3-10/h2-9,19H,1H3. The molecule has 5 heteroatoms. The Hall–Kier alpha value is -2.40. The predicted octanol–water partition coefficient (Wildman–Crippen LogP) is 4.33. The van der Waals surface area contributed by atoms with Crippen LogP contribution in [0.2, 0.25) is 0 Å². The molecule has 0 unspecified atom stereocenters. The molecule has 0 aliphatic heterocycles. The summed E-state index contributed by atoms with van der Waals surface area (Å²) >= 11 is 1.46. The van der Waals surface area contributed by atoms with Crippen LogP contribution in [0.15, 0.2) is 47.8 Å². The minimum atomic E-state index is -0.329. The summed E-state index contributed by atoms with van der Waals surface area (Å²) < 4.78 is 18.7. The average molecular weight is 301 g/mol. The van der Waals surface area contributed by atoms with Crippen molar-refractivity contribution in [1.82, 2.24) is 4.98 Å². The number of thiazole rings is 1. The number of rotatable bonds is 3. The van der Waals surface area contributed by atoms with E-state index in [0.29, 0.717) is 17.0 Å². The van der Waals surface area contributed by atoms with Crippen LogP contribution < -0.4 is 4.74 Å². The summed E-state index contributed by atoms with van der Waals surface area (Å²) in [7, 11) is 1.55. The SMILES string of the molecule is COc1ccc(F)cc1-c1csc(-c2ccc(O)cc2)n1.